The Bertz CT molecular complexity index is 1490. The number of ether oxygens (including phenoxy) is 2. The molecule has 8 atom stereocenters. The van der Waals surface area contributed by atoms with Crippen molar-refractivity contribution in [2.45, 2.75) is 168 Å². The molecule has 0 spiro atoms. The molecule has 7 unspecified atom stereocenters. The molecule has 1 aliphatic heterocycles. The van der Waals surface area contributed by atoms with E-state index in [1.165, 1.54) is 38.0 Å². The number of piperidine rings is 1. The van der Waals surface area contributed by atoms with Crippen molar-refractivity contribution >= 4 is 23.4 Å². The van der Waals surface area contributed by atoms with Gasteiger partial charge in [0.2, 0.25) is 5.79 Å². The standard InChI is InChI=1S/C40H67NO10.C7H8.C2H4.CH4O/c1-26(20-27(2)17-18-32(42)25-36(43)29(4)21-28(3)22-31-13-11-15-34(24-31)51-7)12-10-14-33(50-6)23-30(5)40(48,49)37(44)38(45)41-19-9-8-16-35(41)39(46)47;1-7-5-3-2-4-6-7;2*1-2/h17,22,26,29-31,33-36,43,48-49H,8-16,18-21,23-25H2,1-7H3,(H,46,47);2-6H,1H3;1-2H2;2H,1H3/b27-17+,28-22+;;;/t26?,29-,30?,31?,33?,34?,35?,36?;;;/m0.../s1. The molecule has 1 aromatic rings. The van der Waals surface area contributed by atoms with Crippen LogP contribution in [0.15, 0.2) is 66.8 Å². The number of Topliss-reactive ketones (excluding diaryl/α,β-unsaturated/α-hetero) is 2. The van der Waals surface area contributed by atoms with Gasteiger partial charge in [-0.05, 0) is 103 Å². The fourth-order valence-corrected chi connectivity index (χ4v) is 8.26. The Labute approximate surface area is 373 Å². The van der Waals surface area contributed by atoms with Crippen molar-refractivity contribution in [3.63, 3.8) is 0 Å². The maximum absolute atomic E-state index is 12.9. The van der Waals surface area contributed by atoms with E-state index in [1.54, 1.807) is 7.11 Å². The third kappa shape index (κ3) is 22.2. The second kappa shape index (κ2) is 32.2. The highest BCUT2D eigenvalue weighted by Gasteiger charge is 2.47. The molecule has 1 amide bonds. The van der Waals surface area contributed by atoms with Gasteiger partial charge in [0.15, 0.2) is 0 Å². The highest BCUT2D eigenvalue weighted by Crippen LogP contribution is 2.30. The second-order valence-corrected chi connectivity index (χ2v) is 17.3. The first-order valence-electron chi connectivity index (χ1n) is 22.5. The second-order valence-electron chi connectivity index (χ2n) is 17.3. The maximum Gasteiger partial charge on any atom is 0.326 e. The van der Waals surface area contributed by atoms with Gasteiger partial charge < -0.3 is 39.9 Å². The summed E-state index contributed by atoms with van der Waals surface area (Å²) in [7, 11) is 4.30. The zero-order chi connectivity index (χ0) is 47.4. The van der Waals surface area contributed by atoms with Crippen molar-refractivity contribution in [2.75, 3.05) is 27.9 Å². The van der Waals surface area contributed by atoms with Crippen molar-refractivity contribution in [1.82, 2.24) is 4.90 Å². The lowest BCUT2D eigenvalue weighted by Crippen LogP contribution is -2.57. The largest absolute Gasteiger partial charge is 0.480 e. The summed E-state index contributed by atoms with van der Waals surface area (Å²) in [6, 6.07) is 9.10. The number of hydrogen-bond donors (Lipinski definition) is 5. The maximum atomic E-state index is 12.9. The first-order valence-corrected chi connectivity index (χ1v) is 22.5. The average molecular weight is 874 g/mol. The lowest BCUT2D eigenvalue weighted by molar-refractivity contribution is -0.208. The molecule has 5 N–H and O–H groups in total. The lowest BCUT2D eigenvalue weighted by atomic mass is 9.84. The number of likely N-dealkylation sites (tertiary alicyclic amines) is 1. The van der Waals surface area contributed by atoms with Crippen LogP contribution in [0.5, 0.6) is 0 Å². The van der Waals surface area contributed by atoms with Crippen LogP contribution in [-0.4, -0.2) is 112 Å². The number of amides is 1. The molecule has 0 bridgehead atoms. The summed E-state index contributed by atoms with van der Waals surface area (Å²) in [5.74, 6) is -6.94. The van der Waals surface area contributed by atoms with Gasteiger partial charge in [-0.25, -0.2) is 4.79 Å². The van der Waals surface area contributed by atoms with Crippen LogP contribution in [0.3, 0.4) is 0 Å². The van der Waals surface area contributed by atoms with Gasteiger partial charge >= 0.3 is 5.97 Å². The number of rotatable bonds is 22. The number of hydrogen-bond acceptors (Lipinski definition) is 10. The number of carboxylic acids is 1. The number of methoxy groups -OCH3 is 2. The summed E-state index contributed by atoms with van der Waals surface area (Å²) in [4.78, 5) is 51.0. The predicted octanol–water partition coefficient (Wildman–Crippen LogP) is 8.18. The monoisotopic (exact) mass is 874 g/mol. The number of carbonyl (C=O) groups is 4. The molecule has 0 radical (unpaired) electrons. The number of allylic oxidation sites excluding steroid dienone is 4. The third-order valence-corrected chi connectivity index (χ3v) is 12.0. The molecule has 1 saturated carbocycles. The smallest absolute Gasteiger partial charge is 0.326 e. The van der Waals surface area contributed by atoms with Crippen molar-refractivity contribution in [2.24, 2.45) is 23.7 Å². The fourth-order valence-electron chi connectivity index (χ4n) is 8.26. The summed E-state index contributed by atoms with van der Waals surface area (Å²) in [6.07, 6.45) is 13.8. The zero-order valence-corrected chi connectivity index (χ0v) is 39.5. The van der Waals surface area contributed by atoms with Gasteiger partial charge in [-0.1, -0.05) is 99.2 Å². The first-order chi connectivity index (χ1) is 29.4. The number of benzene rings is 1. The van der Waals surface area contributed by atoms with E-state index in [0.29, 0.717) is 43.6 Å². The van der Waals surface area contributed by atoms with E-state index in [0.717, 1.165) is 56.1 Å². The van der Waals surface area contributed by atoms with Crippen LogP contribution in [-0.2, 0) is 28.7 Å². The quantitative estimate of drug-likeness (QED) is 0.0429. The molecular formula is C50H83NO11. The molecule has 1 aromatic carbocycles. The summed E-state index contributed by atoms with van der Waals surface area (Å²) in [5, 5.41) is 48.6. The number of aliphatic hydroxyl groups excluding tert-OH is 2. The van der Waals surface area contributed by atoms with Gasteiger partial charge in [-0.3, -0.25) is 14.4 Å². The average Bonchev–Trinajstić information content (AvgIpc) is 3.26. The van der Waals surface area contributed by atoms with Gasteiger partial charge in [0.05, 0.1) is 18.3 Å². The summed E-state index contributed by atoms with van der Waals surface area (Å²) >= 11 is 0. The van der Waals surface area contributed by atoms with Crippen LogP contribution >= 0.6 is 0 Å². The van der Waals surface area contributed by atoms with E-state index in [9.17, 15) is 39.6 Å². The van der Waals surface area contributed by atoms with E-state index >= 15 is 0 Å². The summed E-state index contributed by atoms with van der Waals surface area (Å²) in [5.41, 5.74) is 3.69. The molecule has 62 heavy (non-hydrogen) atoms. The van der Waals surface area contributed by atoms with Crippen LogP contribution in [0.2, 0.25) is 0 Å². The van der Waals surface area contributed by atoms with Gasteiger partial charge in [0.1, 0.15) is 11.8 Å². The predicted molar refractivity (Wildman–Crippen MR) is 246 cm³/mol. The normalized spacial score (nSPS) is 20.6. The Morgan fingerprint density at radius 3 is 2.11 bits per heavy atom. The minimum atomic E-state index is -2.95. The number of aliphatic hydroxyl groups is 4. The number of aliphatic carboxylic acids is 1. The topological polar surface area (TPSA) is 191 Å². The van der Waals surface area contributed by atoms with Crippen LogP contribution in [0.25, 0.3) is 0 Å². The molecule has 1 aliphatic carbocycles. The number of aryl methyl sites for hydroxylation is 1. The minimum Gasteiger partial charge on any atom is -0.480 e. The number of carboxylic acid groups (broad SMARTS) is 1. The van der Waals surface area contributed by atoms with Crippen LogP contribution < -0.4 is 0 Å². The highest BCUT2D eigenvalue weighted by atomic mass is 16.5. The van der Waals surface area contributed by atoms with Crippen molar-refractivity contribution in [3.05, 3.63) is 72.4 Å². The van der Waals surface area contributed by atoms with Crippen molar-refractivity contribution < 1.29 is 54.2 Å². The summed E-state index contributed by atoms with van der Waals surface area (Å²) in [6.45, 7) is 17.9. The fraction of sp³-hybridized carbons (Fsp3) is 0.680. The van der Waals surface area contributed by atoms with E-state index in [4.69, 9.17) is 14.6 Å². The molecule has 2 fully saturated rings. The van der Waals surface area contributed by atoms with E-state index in [2.05, 4.69) is 52.1 Å². The number of ketones is 2. The minimum absolute atomic E-state index is 0.00341. The third-order valence-electron chi connectivity index (χ3n) is 12.0. The Balaban J connectivity index is 0.00000298. The zero-order valence-electron chi connectivity index (χ0n) is 39.5. The summed E-state index contributed by atoms with van der Waals surface area (Å²) < 4.78 is 11.1. The van der Waals surface area contributed by atoms with Gasteiger partial charge in [0, 0.05) is 46.6 Å². The Kier molecular flexibility index (Phi) is 30.4. The van der Waals surface area contributed by atoms with Crippen LogP contribution in [0, 0.1) is 30.6 Å². The van der Waals surface area contributed by atoms with Gasteiger partial charge in [-0.2, -0.15) is 0 Å². The molecule has 1 saturated heterocycles. The molecule has 12 nitrogen and oxygen atoms in total. The molecule has 12 heteroatoms. The van der Waals surface area contributed by atoms with E-state index < -0.39 is 41.5 Å². The lowest BCUT2D eigenvalue weighted by Gasteiger charge is -2.35. The molecular weight excluding hydrogens is 791 g/mol. The van der Waals surface area contributed by atoms with Gasteiger partial charge in [0.25, 0.3) is 11.7 Å². The van der Waals surface area contributed by atoms with E-state index in [1.807, 2.05) is 38.1 Å². The SMILES string of the molecule is C=C.CO.COC1CCCC(/C=C(\C)C[C@H](C)C(O)CC(=O)C/C=C(\C)CC(C)CCCC(CC(C)C(O)(O)C(=O)C(=O)N2CCCCC2C(=O)O)OC)C1.Cc1ccccc1. The number of nitrogens with zero attached hydrogens (tertiary/aromatic N) is 1. The van der Waals surface area contributed by atoms with Crippen LogP contribution in [0.4, 0.5) is 0 Å². The van der Waals surface area contributed by atoms with E-state index in [-0.39, 0.29) is 43.6 Å². The molecule has 1 heterocycles. The van der Waals surface area contributed by atoms with Crippen molar-refractivity contribution in [3.8, 4) is 0 Å². The molecule has 0 aromatic heterocycles. The highest BCUT2D eigenvalue weighted by molar-refractivity contribution is 6.39. The Morgan fingerprint density at radius 1 is 0.903 bits per heavy atom. The van der Waals surface area contributed by atoms with Crippen molar-refractivity contribution in [1.29, 1.82) is 0 Å². The van der Waals surface area contributed by atoms with Gasteiger partial charge in [-0.15, -0.1) is 13.2 Å². The molecule has 3 rings (SSSR count). The number of carbonyl (C=O) groups excluding carboxylic acids is 3. The van der Waals surface area contributed by atoms with Crippen LogP contribution in [0.1, 0.15) is 136 Å². The Morgan fingerprint density at radius 2 is 1.55 bits per heavy atom. The first kappa shape index (κ1) is 58.5. The molecule has 2 aliphatic rings. The Hall–Kier alpha value is -3.52. The molecule has 354 valence electrons.